The van der Waals surface area contributed by atoms with Crippen LogP contribution in [0.4, 0.5) is 0 Å². The first-order valence-electron chi connectivity index (χ1n) is 24.9. The van der Waals surface area contributed by atoms with Gasteiger partial charge >= 0.3 is 17.9 Å². The number of rotatable bonds is 45. The molecule has 6 heteroatoms. The second kappa shape index (κ2) is 44.5. The van der Waals surface area contributed by atoms with E-state index in [1.165, 1.54) is 173 Å². The Balaban J connectivity index is 4.26. The molecule has 0 spiro atoms. The van der Waals surface area contributed by atoms with E-state index >= 15 is 0 Å². The molecule has 0 aromatic heterocycles. The molecule has 0 unspecified atom stereocenters. The van der Waals surface area contributed by atoms with E-state index in [4.69, 9.17) is 14.2 Å². The van der Waals surface area contributed by atoms with Crippen LogP contribution in [0.25, 0.3) is 0 Å². The Bertz CT molecular complexity index is 841. The van der Waals surface area contributed by atoms with Crippen molar-refractivity contribution in [3.05, 3.63) is 0 Å². The molecular weight excluding hydrogens is 697 g/mol. The summed E-state index contributed by atoms with van der Waals surface area (Å²) in [5.41, 5.74) is 0. The van der Waals surface area contributed by atoms with Gasteiger partial charge < -0.3 is 14.2 Å². The topological polar surface area (TPSA) is 78.9 Å². The first-order valence-corrected chi connectivity index (χ1v) is 24.9. The summed E-state index contributed by atoms with van der Waals surface area (Å²) in [5, 5.41) is 0. The molecule has 0 amide bonds. The third kappa shape index (κ3) is 43.5. The zero-order valence-corrected chi connectivity index (χ0v) is 38.1. The van der Waals surface area contributed by atoms with E-state index in [1.807, 2.05) is 0 Å². The van der Waals surface area contributed by atoms with Crippen molar-refractivity contribution in [2.75, 3.05) is 13.2 Å². The Hall–Kier alpha value is -1.59. The average Bonchev–Trinajstić information content (AvgIpc) is 3.18. The molecule has 0 rings (SSSR count). The average molecular weight is 793 g/mol. The van der Waals surface area contributed by atoms with Crippen molar-refractivity contribution in [2.45, 2.75) is 284 Å². The quantitative estimate of drug-likeness (QED) is 0.0347. The minimum Gasteiger partial charge on any atom is -0.462 e. The standard InChI is InChI=1S/C50H96O6/c1-5-7-9-11-13-15-16-22-26-30-34-38-42-49(52)55-45-47(44-54-48(51)41-37-33-29-24-14-12-10-8-6-2)56-50(53)43-39-35-31-27-23-20-18-17-19-21-25-28-32-36-40-46(3)4/h46-47H,5-45H2,1-4H3/t47-/m1/s1. The number of hydrogen-bond donors (Lipinski definition) is 0. The van der Waals surface area contributed by atoms with Gasteiger partial charge in [-0.15, -0.1) is 0 Å². The molecular formula is C50H96O6. The van der Waals surface area contributed by atoms with Gasteiger partial charge in [0.2, 0.25) is 0 Å². The fourth-order valence-electron chi connectivity index (χ4n) is 7.51. The van der Waals surface area contributed by atoms with Gasteiger partial charge in [0.05, 0.1) is 0 Å². The molecule has 0 aliphatic heterocycles. The molecule has 0 aromatic rings. The third-order valence-electron chi connectivity index (χ3n) is 11.3. The lowest BCUT2D eigenvalue weighted by molar-refractivity contribution is -0.167. The van der Waals surface area contributed by atoms with Gasteiger partial charge in [-0.05, 0) is 25.2 Å². The summed E-state index contributed by atoms with van der Waals surface area (Å²) in [5.74, 6) is -0.00620. The van der Waals surface area contributed by atoms with Crippen LogP contribution in [-0.2, 0) is 28.6 Å². The Morgan fingerprint density at radius 3 is 0.875 bits per heavy atom. The fourth-order valence-corrected chi connectivity index (χ4v) is 7.51. The minimum atomic E-state index is -0.759. The smallest absolute Gasteiger partial charge is 0.306 e. The van der Waals surface area contributed by atoms with E-state index in [9.17, 15) is 14.4 Å². The summed E-state index contributed by atoms with van der Waals surface area (Å²) in [6.07, 6.45) is 45.1. The highest BCUT2D eigenvalue weighted by molar-refractivity contribution is 5.71. The summed E-state index contributed by atoms with van der Waals surface area (Å²) in [6, 6.07) is 0. The van der Waals surface area contributed by atoms with Gasteiger partial charge in [0.25, 0.3) is 0 Å². The Labute approximate surface area is 348 Å². The van der Waals surface area contributed by atoms with Crippen LogP contribution >= 0.6 is 0 Å². The lowest BCUT2D eigenvalue weighted by Gasteiger charge is -2.18. The van der Waals surface area contributed by atoms with Gasteiger partial charge in [0, 0.05) is 19.3 Å². The van der Waals surface area contributed by atoms with Crippen LogP contribution in [0.15, 0.2) is 0 Å². The minimum absolute atomic E-state index is 0.0631. The highest BCUT2D eigenvalue weighted by Gasteiger charge is 2.19. The number of esters is 3. The molecule has 332 valence electrons. The molecule has 56 heavy (non-hydrogen) atoms. The van der Waals surface area contributed by atoms with Gasteiger partial charge in [0.15, 0.2) is 6.10 Å². The van der Waals surface area contributed by atoms with Crippen LogP contribution in [0.3, 0.4) is 0 Å². The highest BCUT2D eigenvalue weighted by Crippen LogP contribution is 2.17. The van der Waals surface area contributed by atoms with Crippen LogP contribution in [-0.4, -0.2) is 37.2 Å². The van der Waals surface area contributed by atoms with Crippen molar-refractivity contribution >= 4 is 17.9 Å². The lowest BCUT2D eigenvalue weighted by Crippen LogP contribution is -2.30. The first kappa shape index (κ1) is 54.4. The third-order valence-corrected chi connectivity index (χ3v) is 11.3. The molecule has 6 nitrogen and oxygen atoms in total. The molecule has 1 atom stereocenters. The summed E-state index contributed by atoms with van der Waals surface area (Å²) in [4.78, 5) is 37.8. The number of hydrogen-bond acceptors (Lipinski definition) is 6. The summed E-state index contributed by atoms with van der Waals surface area (Å²) in [7, 11) is 0. The van der Waals surface area contributed by atoms with Crippen molar-refractivity contribution < 1.29 is 28.6 Å². The summed E-state index contributed by atoms with van der Waals surface area (Å²) < 4.78 is 16.7. The van der Waals surface area contributed by atoms with E-state index in [2.05, 4.69) is 27.7 Å². The Morgan fingerprint density at radius 2 is 0.589 bits per heavy atom. The van der Waals surface area contributed by atoms with Gasteiger partial charge in [0.1, 0.15) is 13.2 Å². The van der Waals surface area contributed by atoms with Crippen LogP contribution in [0.2, 0.25) is 0 Å². The molecule has 0 aromatic carbocycles. The van der Waals surface area contributed by atoms with Gasteiger partial charge in [-0.3, -0.25) is 14.4 Å². The van der Waals surface area contributed by atoms with Crippen LogP contribution in [0, 0.1) is 5.92 Å². The van der Waals surface area contributed by atoms with Crippen molar-refractivity contribution in [2.24, 2.45) is 5.92 Å². The Morgan fingerprint density at radius 1 is 0.339 bits per heavy atom. The normalized spacial score (nSPS) is 11.9. The maximum Gasteiger partial charge on any atom is 0.306 e. The van der Waals surface area contributed by atoms with Crippen molar-refractivity contribution in [1.82, 2.24) is 0 Å². The van der Waals surface area contributed by atoms with Crippen LogP contribution < -0.4 is 0 Å². The van der Waals surface area contributed by atoms with Gasteiger partial charge in [-0.25, -0.2) is 0 Å². The molecule has 0 aliphatic rings. The van der Waals surface area contributed by atoms with Crippen molar-refractivity contribution in [1.29, 1.82) is 0 Å². The van der Waals surface area contributed by atoms with Gasteiger partial charge in [-0.2, -0.15) is 0 Å². The number of carbonyl (C=O) groups is 3. The Kier molecular flexibility index (Phi) is 43.2. The predicted molar refractivity (Wildman–Crippen MR) is 238 cm³/mol. The van der Waals surface area contributed by atoms with E-state index in [0.29, 0.717) is 19.3 Å². The largest absolute Gasteiger partial charge is 0.462 e. The lowest BCUT2D eigenvalue weighted by atomic mass is 10.0. The summed E-state index contributed by atoms with van der Waals surface area (Å²) in [6.45, 7) is 9.01. The molecule has 0 heterocycles. The zero-order chi connectivity index (χ0) is 41.0. The molecule has 0 bridgehead atoms. The number of ether oxygens (including phenoxy) is 3. The molecule has 0 aliphatic carbocycles. The highest BCUT2D eigenvalue weighted by atomic mass is 16.6. The monoisotopic (exact) mass is 793 g/mol. The molecule has 0 saturated carbocycles. The second-order valence-corrected chi connectivity index (χ2v) is 17.6. The predicted octanol–water partition coefficient (Wildman–Crippen LogP) is 15.9. The second-order valence-electron chi connectivity index (χ2n) is 17.6. The summed E-state index contributed by atoms with van der Waals surface area (Å²) >= 11 is 0. The molecule has 0 N–H and O–H groups in total. The number of carbonyl (C=O) groups excluding carboxylic acids is 3. The van der Waals surface area contributed by atoms with E-state index in [0.717, 1.165) is 63.7 Å². The van der Waals surface area contributed by atoms with Crippen LogP contribution in [0.5, 0.6) is 0 Å². The van der Waals surface area contributed by atoms with Crippen molar-refractivity contribution in [3.8, 4) is 0 Å². The SMILES string of the molecule is CCCCCCCCCCCCCCC(=O)OC[C@@H](COC(=O)CCCCCCCCCCC)OC(=O)CCCCCCCCCCCCCCCCC(C)C. The van der Waals surface area contributed by atoms with E-state index in [-0.39, 0.29) is 31.1 Å². The van der Waals surface area contributed by atoms with E-state index in [1.54, 1.807) is 0 Å². The number of unbranched alkanes of at least 4 members (excludes halogenated alkanes) is 32. The molecule has 0 fully saturated rings. The maximum atomic E-state index is 12.8. The first-order chi connectivity index (χ1) is 27.4. The fraction of sp³-hybridized carbons (Fsp3) is 0.940. The molecule has 0 radical (unpaired) electrons. The maximum absolute atomic E-state index is 12.8. The van der Waals surface area contributed by atoms with E-state index < -0.39 is 6.10 Å². The van der Waals surface area contributed by atoms with Crippen molar-refractivity contribution in [3.63, 3.8) is 0 Å². The molecule has 0 saturated heterocycles. The van der Waals surface area contributed by atoms with Crippen LogP contribution in [0.1, 0.15) is 278 Å². The zero-order valence-electron chi connectivity index (χ0n) is 38.1. The van der Waals surface area contributed by atoms with Gasteiger partial charge in [-0.1, -0.05) is 240 Å².